The molecule has 5 rings (SSSR count). The zero-order valence-electron chi connectivity index (χ0n) is 35.7. The fourth-order valence-corrected chi connectivity index (χ4v) is 6.75. The number of nitrogens with one attached hydrogen (secondary N) is 3. The summed E-state index contributed by atoms with van der Waals surface area (Å²) in [5.74, 6) is -6.83. The molecule has 0 fully saturated rings. The number of carbonyl (C=O) groups is 6. The molecule has 340 valence electrons. The number of carboxylic acids is 1. The lowest BCUT2D eigenvalue weighted by Crippen LogP contribution is -2.58. The van der Waals surface area contributed by atoms with Gasteiger partial charge in [0.25, 0.3) is 5.91 Å². The highest BCUT2D eigenvalue weighted by Gasteiger charge is 2.43. The van der Waals surface area contributed by atoms with Crippen molar-refractivity contribution >= 4 is 35.8 Å². The lowest BCUT2D eigenvalue weighted by molar-refractivity contribution is -0.142. The minimum Gasteiger partial charge on any atom is -0.481 e. The van der Waals surface area contributed by atoms with Gasteiger partial charge in [0.2, 0.25) is 0 Å². The summed E-state index contributed by atoms with van der Waals surface area (Å²) < 4.78 is 31.0. The number of hydrogen-bond donors (Lipinski definition) is 5. The fraction of sp³-hybridized carbons (Fsp3) is 0.271. The molecule has 0 aliphatic rings. The molecule has 17 heteroatoms. The number of aromatic nitrogens is 1. The molecule has 5 atom stereocenters. The predicted octanol–water partition coefficient (Wildman–Crippen LogP) is 5.89. The number of pyridine rings is 1. The maximum absolute atomic E-state index is 15.0. The number of ketones is 1. The molecule has 0 radical (unpaired) electrons. The smallest absolute Gasteiger partial charge is 0.408 e. The molecule has 0 aliphatic carbocycles. The van der Waals surface area contributed by atoms with Crippen molar-refractivity contribution in [2.75, 3.05) is 6.54 Å². The van der Waals surface area contributed by atoms with E-state index in [0.717, 1.165) is 0 Å². The molecule has 0 spiro atoms. The van der Waals surface area contributed by atoms with Crippen molar-refractivity contribution in [1.82, 2.24) is 26.1 Å². The number of esters is 1. The Balaban J connectivity index is 1.53. The van der Waals surface area contributed by atoms with Crippen molar-refractivity contribution in [3.63, 3.8) is 0 Å². The van der Waals surface area contributed by atoms with Gasteiger partial charge in [0.1, 0.15) is 42.9 Å². The van der Waals surface area contributed by atoms with Crippen LogP contribution in [-0.4, -0.2) is 75.6 Å². The van der Waals surface area contributed by atoms with Crippen LogP contribution in [0.3, 0.4) is 0 Å². The first kappa shape index (κ1) is 48.5. The summed E-state index contributed by atoms with van der Waals surface area (Å²) in [4.78, 5) is 85.8. The summed E-state index contributed by atoms with van der Waals surface area (Å²) in [6, 6.07) is 31.3. The number of nitrogens with two attached hydrogens (primary N) is 1. The summed E-state index contributed by atoms with van der Waals surface area (Å²) in [5.41, 5.74) is 11.7. The summed E-state index contributed by atoms with van der Waals surface area (Å²) in [5, 5.41) is 16.3. The van der Waals surface area contributed by atoms with E-state index in [1.54, 1.807) is 105 Å². The third kappa shape index (κ3) is 15.4. The number of benzene rings is 4. The molecular formula is C48H51FN6O10. The molecule has 0 aliphatic heterocycles. The molecule has 65 heavy (non-hydrogen) atoms. The van der Waals surface area contributed by atoms with Crippen molar-refractivity contribution in [2.24, 2.45) is 17.6 Å². The summed E-state index contributed by atoms with van der Waals surface area (Å²) in [6.07, 6.45) is -3.19. The quantitative estimate of drug-likeness (QED) is 0.0311. The number of alkyl carbamates (subject to hydrolysis) is 2. The Kier molecular flexibility index (Phi) is 18.2. The fourth-order valence-electron chi connectivity index (χ4n) is 6.75. The third-order valence-corrected chi connectivity index (χ3v) is 10.1. The standard InChI is InChI=1S/C48H51FN6O10/c1-31(2)43(53-48(62)64-30-34-16-8-4-9-17-34)45(59)54-55(27-32-21-23-36(49)24-22-32)28-39(65-46(60)37-20-12-13-25-51-37)41(42(50)35-18-10-5-11-19-35)44(58)38(26-40(56)57)52-47(61)63-29-33-14-6-3-7-15-33/h3-25,31,38-39,41-43H,26-30,50H2,1-2H3,(H,52,61)(H,53,62)(H,54,59)(H,56,57)/t38-,39?,41?,42?,43-/m0/s1. The van der Waals surface area contributed by atoms with Gasteiger partial charge in [-0.05, 0) is 52.4 Å². The topological polar surface area (TPSA) is 229 Å². The van der Waals surface area contributed by atoms with Crippen LogP contribution in [0.1, 0.15) is 59.1 Å². The van der Waals surface area contributed by atoms with Crippen LogP contribution in [0.5, 0.6) is 0 Å². The first-order valence-corrected chi connectivity index (χ1v) is 20.7. The molecule has 1 aromatic heterocycles. The Morgan fingerprint density at radius 2 is 1.28 bits per heavy atom. The zero-order chi connectivity index (χ0) is 46.7. The Bertz CT molecular complexity index is 2330. The molecular weight excluding hydrogens is 840 g/mol. The Labute approximate surface area is 375 Å². The average molecular weight is 891 g/mol. The molecule has 3 amide bonds. The van der Waals surface area contributed by atoms with E-state index in [2.05, 4.69) is 21.0 Å². The third-order valence-electron chi connectivity index (χ3n) is 10.1. The Morgan fingerprint density at radius 1 is 0.723 bits per heavy atom. The van der Waals surface area contributed by atoms with Crippen LogP contribution in [0.2, 0.25) is 0 Å². The summed E-state index contributed by atoms with van der Waals surface area (Å²) >= 11 is 0. The SMILES string of the molecule is CC(C)[C@H](NC(=O)OCc1ccccc1)C(=O)NN(Cc1ccc(F)cc1)CC(OC(=O)c1ccccn1)C(C(=O)[C@H](CC(=O)O)NC(=O)OCc1ccccc1)C(N)c1ccccc1. The van der Waals surface area contributed by atoms with E-state index < -0.39 is 90.7 Å². The van der Waals surface area contributed by atoms with Gasteiger partial charge >= 0.3 is 24.1 Å². The van der Waals surface area contributed by atoms with E-state index in [4.69, 9.17) is 19.9 Å². The predicted molar refractivity (Wildman–Crippen MR) is 234 cm³/mol. The minimum atomic E-state index is -1.77. The van der Waals surface area contributed by atoms with E-state index in [1.165, 1.54) is 47.6 Å². The number of amides is 3. The van der Waals surface area contributed by atoms with E-state index in [0.29, 0.717) is 22.3 Å². The average Bonchev–Trinajstić information content (AvgIpc) is 3.30. The maximum atomic E-state index is 15.0. The molecule has 1 heterocycles. The monoisotopic (exact) mass is 890 g/mol. The van der Waals surface area contributed by atoms with Crippen molar-refractivity contribution in [2.45, 2.75) is 64.3 Å². The summed E-state index contributed by atoms with van der Waals surface area (Å²) in [7, 11) is 0. The van der Waals surface area contributed by atoms with Gasteiger partial charge in [-0.25, -0.2) is 28.8 Å². The molecule has 0 bridgehead atoms. The maximum Gasteiger partial charge on any atom is 0.408 e. The number of carbonyl (C=O) groups excluding carboxylic acids is 5. The van der Waals surface area contributed by atoms with Crippen LogP contribution in [-0.2, 0) is 48.4 Å². The van der Waals surface area contributed by atoms with Gasteiger partial charge in [0, 0.05) is 18.8 Å². The molecule has 0 saturated carbocycles. The van der Waals surface area contributed by atoms with Gasteiger partial charge in [-0.1, -0.05) is 123 Å². The summed E-state index contributed by atoms with van der Waals surface area (Å²) in [6.45, 7) is 2.41. The van der Waals surface area contributed by atoms with Gasteiger partial charge in [0.05, 0.1) is 18.9 Å². The van der Waals surface area contributed by atoms with Crippen molar-refractivity contribution in [3.8, 4) is 0 Å². The largest absolute Gasteiger partial charge is 0.481 e. The van der Waals surface area contributed by atoms with Gasteiger partial charge < -0.3 is 35.7 Å². The Hall–Kier alpha value is -7.50. The number of aliphatic carboxylic acids is 1. The minimum absolute atomic E-state index is 0.0708. The van der Waals surface area contributed by atoms with E-state index >= 15 is 4.79 Å². The van der Waals surface area contributed by atoms with Gasteiger partial charge in [-0.2, -0.15) is 0 Å². The molecule has 4 aromatic carbocycles. The van der Waals surface area contributed by atoms with E-state index in [9.17, 15) is 33.5 Å². The van der Waals surface area contributed by atoms with Crippen LogP contribution in [0.15, 0.2) is 140 Å². The lowest BCUT2D eigenvalue weighted by atomic mass is 9.82. The molecule has 0 saturated heterocycles. The Morgan fingerprint density at radius 3 is 1.82 bits per heavy atom. The van der Waals surface area contributed by atoms with Gasteiger partial charge in [-0.15, -0.1) is 0 Å². The zero-order valence-corrected chi connectivity index (χ0v) is 35.7. The number of halogens is 1. The first-order chi connectivity index (χ1) is 31.3. The number of ether oxygens (including phenoxy) is 3. The number of hydrazine groups is 1. The van der Waals surface area contributed by atoms with Crippen LogP contribution in [0.25, 0.3) is 0 Å². The van der Waals surface area contributed by atoms with Crippen LogP contribution >= 0.6 is 0 Å². The van der Waals surface area contributed by atoms with Crippen molar-refractivity contribution in [3.05, 3.63) is 173 Å². The molecule has 5 aromatic rings. The second-order valence-electron chi connectivity index (χ2n) is 15.3. The van der Waals surface area contributed by atoms with Crippen molar-refractivity contribution in [1.29, 1.82) is 0 Å². The van der Waals surface area contributed by atoms with E-state index in [-0.39, 0.29) is 25.5 Å². The molecule has 16 nitrogen and oxygen atoms in total. The second-order valence-corrected chi connectivity index (χ2v) is 15.3. The molecule has 6 N–H and O–H groups in total. The van der Waals surface area contributed by atoms with Crippen LogP contribution in [0, 0.1) is 17.7 Å². The number of hydrogen-bond acceptors (Lipinski definition) is 12. The number of Topliss-reactive ketones (excluding diaryl/α,β-unsaturated/α-hetero) is 1. The van der Waals surface area contributed by atoms with Gasteiger partial charge in [-0.3, -0.25) is 19.8 Å². The highest BCUT2D eigenvalue weighted by atomic mass is 19.1. The number of rotatable bonds is 22. The lowest BCUT2D eigenvalue weighted by Gasteiger charge is -2.36. The second kappa shape index (κ2) is 24.4. The van der Waals surface area contributed by atoms with Gasteiger partial charge in [0.15, 0.2) is 5.78 Å². The normalized spacial score (nSPS) is 13.3. The first-order valence-electron chi connectivity index (χ1n) is 20.7. The molecule has 3 unspecified atom stereocenters. The highest BCUT2D eigenvalue weighted by molar-refractivity contribution is 5.94. The van der Waals surface area contributed by atoms with E-state index in [1.807, 2.05) is 6.07 Å². The van der Waals surface area contributed by atoms with Crippen LogP contribution in [0.4, 0.5) is 14.0 Å². The highest BCUT2D eigenvalue weighted by Crippen LogP contribution is 2.29. The van der Waals surface area contributed by atoms with Crippen molar-refractivity contribution < 1.29 is 52.5 Å². The number of carboxylic acid groups (broad SMARTS) is 1. The number of nitrogens with zero attached hydrogens (tertiary/aromatic N) is 2. The van der Waals surface area contributed by atoms with Crippen LogP contribution < -0.4 is 21.8 Å².